The quantitative estimate of drug-likeness (QED) is 0.761. The molecule has 0 aromatic rings. The number of carbonyl (C=O) groups excluding carboxylic acids is 1. The van der Waals surface area contributed by atoms with Crippen LogP contribution >= 0.6 is 11.8 Å². The highest BCUT2D eigenvalue weighted by molar-refractivity contribution is 7.99. The maximum absolute atomic E-state index is 12.4. The van der Waals surface area contributed by atoms with Crippen molar-refractivity contribution in [2.24, 2.45) is 5.92 Å². The van der Waals surface area contributed by atoms with Crippen molar-refractivity contribution < 1.29 is 14.7 Å². The third-order valence-corrected chi connectivity index (χ3v) is 4.75. The molecular weight excluding hydrogens is 252 g/mol. The molecule has 5 nitrogen and oxygen atoms in total. The van der Waals surface area contributed by atoms with E-state index >= 15 is 0 Å². The molecule has 6 heteroatoms. The number of hydrogen-bond acceptors (Lipinski definition) is 4. The summed E-state index contributed by atoms with van der Waals surface area (Å²) in [7, 11) is 0. The molecule has 0 aliphatic carbocycles. The summed E-state index contributed by atoms with van der Waals surface area (Å²) >= 11 is 1.75. The average molecular weight is 272 g/mol. The highest BCUT2D eigenvalue weighted by atomic mass is 32.2. The van der Waals surface area contributed by atoms with Gasteiger partial charge >= 0.3 is 5.97 Å². The molecule has 2 N–H and O–H groups in total. The van der Waals surface area contributed by atoms with Crippen LogP contribution in [-0.2, 0) is 9.59 Å². The molecule has 2 saturated heterocycles. The molecule has 0 spiro atoms. The third-order valence-electron chi connectivity index (χ3n) is 3.69. The Labute approximate surface area is 111 Å². The molecule has 2 fully saturated rings. The second-order valence-corrected chi connectivity index (χ2v) is 6.17. The fourth-order valence-electron chi connectivity index (χ4n) is 2.74. The number of nitrogens with one attached hydrogen (secondary N) is 1. The number of piperidine rings is 1. The smallest absolute Gasteiger partial charge is 0.326 e. The van der Waals surface area contributed by atoms with E-state index in [1.807, 2.05) is 6.92 Å². The normalized spacial score (nSPS) is 33.2. The average Bonchev–Trinajstić information content (AvgIpc) is 2.38. The Morgan fingerprint density at radius 1 is 1.44 bits per heavy atom. The molecule has 2 aliphatic rings. The Balaban J connectivity index is 2.08. The predicted molar refractivity (Wildman–Crippen MR) is 70.7 cm³/mol. The molecule has 0 saturated carbocycles. The van der Waals surface area contributed by atoms with E-state index in [0.717, 1.165) is 30.9 Å². The molecule has 3 unspecified atom stereocenters. The van der Waals surface area contributed by atoms with Gasteiger partial charge in [0.2, 0.25) is 5.91 Å². The zero-order valence-electron chi connectivity index (χ0n) is 10.6. The van der Waals surface area contributed by atoms with Gasteiger partial charge in [-0.15, -0.1) is 0 Å². The Morgan fingerprint density at radius 3 is 2.83 bits per heavy atom. The van der Waals surface area contributed by atoms with E-state index in [1.54, 1.807) is 16.7 Å². The summed E-state index contributed by atoms with van der Waals surface area (Å²) in [6, 6.07) is -0.865. The molecule has 0 bridgehead atoms. The van der Waals surface area contributed by atoms with Crippen LogP contribution in [-0.4, -0.2) is 58.6 Å². The zero-order valence-corrected chi connectivity index (χ0v) is 11.4. The van der Waals surface area contributed by atoms with Gasteiger partial charge in [-0.2, -0.15) is 11.8 Å². The lowest BCUT2D eigenvalue weighted by Gasteiger charge is -2.39. The minimum absolute atomic E-state index is 0.0384. The van der Waals surface area contributed by atoms with Crippen LogP contribution in [0.3, 0.4) is 0 Å². The van der Waals surface area contributed by atoms with Gasteiger partial charge in [0.15, 0.2) is 0 Å². The first-order valence-electron chi connectivity index (χ1n) is 6.45. The molecule has 0 aromatic heterocycles. The van der Waals surface area contributed by atoms with Crippen molar-refractivity contribution >= 4 is 23.6 Å². The molecule has 2 aliphatic heterocycles. The zero-order chi connectivity index (χ0) is 13.1. The summed E-state index contributed by atoms with van der Waals surface area (Å²) in [6.07, 6.45) is 1.78. The van der Waals surface area contributed by atoms with Crippen LogP contribution in [0.2, 0.25) is 0 Å². The van der Waals surface area contributed by atoms with Gasteiger partial charge < -0.3 is 15.3 Å². The Hall–Kier alpha value is -0.750. The van der Waals surface area contributed by atoms with Crippen LogP contribution in [0.15, 0.2) is 0 Å². The lowest BCUT2D eigenvalue weighted by atomic mass is 9.90. The van der Waals surface area contributed by atoms with Crippen molar-refractivity contribution in [1.82, 2.24) is 10.2 Å². The Bertz CT molecular complexity index is 331. The van der Waals surface area contributed by atoms with Gasteiger partial charge in [0, 0.05) is 24.6 Å². The summed E-state index contributed by atoms with van der Waals surface area (Å²) in [5.41, 5.74) is 0. The highest BCUT2D eigenvalue weighted by Crippen LogP contribution is 2.25. The number of aliphatic carboxylic acids is 1. The van der Waals surface area contributed by atoms with E-state index in [4.69, 9.17) is 0 Å². The van der Waals surface area contributed by atoms with Gasteiger partial charge in [0.1, 0.15) is 6.04 Å². The summed E-state index contributed by atoms with van der Waals surface area (Å²) in [4.78, 5) is 25.3. The molecule has 3 atom stereocenters. The summed E-state index contributed by atoms with van der Waals surface area (Å²) in [6.45, 7) is 3.31. The second-order valence-electron chi connectivity index (χ2n) is 5.02. The molecule has 0 aromatic carbocycles. The number of likely N-dealkylation sites (tertiary alicyclic amines) is 1. The molecule has 2 rings (SSSR count). The van der Waals surface area contributed by atoms with Crippen LogP contribution in [0.4, 0.5) is 0 Å². The fraction of sp³-hybridized carbons (Fsp3) is 0.833. The number of amides is 1. The Morgan fingerprint density at radius 2 is 2.22 bits per heavy atom. The van der Waals surface area contributed by atoms with Gasteiger partial charge in [-0.1, -0.05) is 6.92 Å². The van der Waals surface area contributed by atoms with Crippen molar-refractivity contribution in [3.05, 3.63) is 0 Å². The van der Waals surface area contributed by atoms with Gasteiger partial charge in [-0.3, -0.25) is 4.79 Å². The minimum atomic E-state index is -0.876. The maximum atomic E-state index is 12.4. The number of hydrogen-bond donors (Lipinski definition) is 2. The molecule has 18 heavy (non-hydrogen) atoms. The predicted octanol–water partition coefficient (Wildman–Crippen LogP) is 0.403. The van der Waals surface area contributed by atoms with Gasteiger partial charge in [0.25, 0.3) is 0 Å². The highest BCUT2D eigenvalue weighted by Gasteiger charge is 2.39. The van der Waals surface area contributed by atoms with E-state index in [2.05, 4.69) is 5.32 Å². The van der Waals surface area contributed by atoms with E-state index < -0.39 is 12.0 Å². The van der Waals surface area contributed by atoms with E-state index in [0.29, 0.717) is 6.54 Å². The second kappa shape index (κ2) is 5.93. The van der Waals surface area contributed by atoms with Crippen LogP contribution in [0, 0.1) is 5.92 Å². The van der Waals surface area contributed by atoms with Crippen LogP contribution in [0.5, 0.6) is 0 Å². The fourth-order valence-corrected chi connectivity index (χ4v) is 3.66. The van der Waals surface area contributed by atoms with Crippen molar-refractivity contribution in [2.75, 3.05) is 24.6 Å². The standard InChI is InChI=1S/C12H20N2O3S/c1-8-3-2-5-14(10(8)12(16)17)11(15)9-7-18-6-4-13-9/h8-10,13H,2-7H2,1H3,(H,16,17). The van der Waals surface area contributed by atoms with E-state index in [-0.39, 0.29) is 17.9 Å². The topological polar surface area (TPSA) is 69.6 Å². The Kier molecular flexibility index (Phi) is 4.50. The molecule has 2 heterocycles. The SMILES string of the molecule is CC1CCCN(C(=O)C2CSCCN2)C1C(=O)O. The molecule has 0 radical (unpaired) electrons. The number of rotatable bonds is 2. The number of carboxylic acid groups (broad SMARTS) is 1. The molecule has 1 amide bonds. The maximum Gasteiger partial charge on any atom is 0.326 e. The number of carboxylic acids is 1. The van der Waals surface area contributed by atoms with Crippen molar-refractivity contribution in [3.63, 3.8) is 0 Å². The first-order valence-corrected chi connectivity index (χ1v) is 7.61. The molecule has 102 valence electrons. The van der Waals surface area contributed by atoms with Crippen LogP contribution < -0.4 is 5.32 Å². The first kappa shape index (κ1) is 13.7. The van der Waals surface area contributed by atoms with Crippen LogP contribution in [0.1, 0.15) is 19.8 Å². The van der Waals surface area contributed by atoms with E-state index in [9.17, 15) is 14.7 Å². The van der Waals surface area contributed by atoms with Crippen LogP contribution in [0.25, 0.3) is 0 Å². The van der Waals surface area contributed by atoms with E-state index in [1.165, 1.54) is 0 Å². The monoisotopic (exact) mass is 272 g/mol. The third kappa shape index (κ3) is 2.80. The number of thioether (sulfide) groups is 1. The lowest BCUT2D eigenvalue weighted by molar-refractivity contribution is -0.155. The van der Waals surface area contributed by atoms with Crippen molar-refractivity contribution in [1.29, 1.82) is 0 Å². The number of carbonyl (C=O) groups is 2. The first-order chi connectivity index (χ1) is 8.61. The van der Waals surface area contributed by atoms with Gasteiger partial charge in [-0.05, 0) is 18.8 Å². The van der Waals surface area contributed by atoms with Gasteiger partial charge in [-0.25, -0.2) is 4.79 Å². The lowest BCUT2D eigenvalue weighted by Crippen LogP contribution is -2.58. The largest absolute Gasteiger partial charge is 0.480 e. The van der Waals surface area contributed by atoms with Gasteiger partial charge in [0.05, 0.1) is 6.04 Å². The van der Waals surface area contributed by atoms with Crippen molar-refractivity contribution in [3.8, 4) is 0 Å². The molecular formula is C12H20N2O3S. The summed E-state index contributed by atoms with van der Waals surface area (Å²) < 4.78 is 0. The van der Waals surface area contributed by atoms with Crippen molar-refractivity contribution in [2.45, 2.75) is 31.8 Å². The minimum Gasteiger partial charge on any atom is -0.480 e. The summed E-state index contributed by atoms with van der Waals surface area (Å²) in [5.74, 6) is 0.884. The number of nitrogens with zero attached hydrogens (tertiary/aromatic N) is 1. The summed E-state index contributed by atoms with van der Waals surface area (Å²) in [5, 5.41) is 12.5.